The molecular weight excluding hydrogens is 504 g/mol. The Kier molecular flexibility index (Phi) is 8.96. The van der Waals surface area contributed by atoms with Crippen LogP contribution in [0, 0.1) is 0 Å². The summed E-state index contributed by atoms with van der Waals surface area (Å²) >= 11 is -0.211. The van der Waals surface area contributed by atoms with E-state index in [4.69, 9.17) is 23.4 Å². The molecule has 204 valence electrons. The zero-order valence-electron chi connectivity index (χ0n) is 23.0. The number of carbonyl (C=O) groups excluding carboxylic acids is 1. The minimum Gasteiger partial charge on any atom is -0.497 e. The minimum atomic E-state index is -0.211. The number of morpholine rings is 1. The van der Waals surface area contributed by atoms with Crippen molar-refractivity contribution in [2.24, 2.45) is 0 Å². The smallest absolute Gasteiger partial charge is 0.274 e. The normalized spacial score (nSPS) is 14.8. The van der Waals surface area contributed by atoms with Crippen molar-refractivity contribution in [2.75, 3.05) is 64.8 Å². The van der Waals surface area contributed by atoms with Gasteiger partial charge in [0.25, 0.3) is 5.91 Å². The van der Waals surface area contributed by atoms with E-state index >= 15 is 0 Å². The Hall–Kier alpha value is -3.08. The Morgan fingerprint density at radius 2 is 1.71 bits per heavy atom. The zero-order chi connectivity index (χ0) is 27.3. The van der Waals surface area contributed by atoms with Crippen molar-refractivity contribution in [3.8, 4) is 11.5 Å². The molecule has 2 heterocycles. The van der Waals surface area contributed by atoms with E-state index < -0.39 is 0 Å². The summed E-state index contributed by atoms with van der Waals surface area (Å²) in [5.74, 6) is 1.25. The number of nitrogens with zero attached hydrogens (tertiary/aromatic N) is 4. The number of aromatic nitrogens is 2. The highest BCUT2D eigenvalue weighted by molar-refractivity contribution is 7.93. The van der Waals surface area contributed by atoms with Crippen molar-refractivity contribution in [2.45, 2.75) is 25.5 Å². The number of hydrogen-bond donors (Lipinski definition) is 0. The second kappa shape index (κ2) is 12.2. The quantitative estimate of drug-likeness (QED) is 0.372. The van der Waals surface area contributed by atoms with Crippen LogP contribution in [0.2, 0.25) is 0 Å². The third-order valence-corrected chi connectivity index (χ3v) is 8.69. The Balaban J connectivity index is 1.68. The van der Waals surface area contributed by atoms with E-state index in [1.807, 2.05) is 36.4 Å². The Bertz CT molecular complexity index is 1240. The molecule has 1 aliphatic heterocycles. The molecule has 1 saturated heterocycles. The highest BCUT2D eigenvalue weighted by Crippen LogP contribution is 2.34. The average molecular weight is 542 g/mol. The van der Waals surface area contributed by atoms with Gasteiger partial charge in [0.1, 0.15) is 41.2 Å². The number of methoxy groups -OCH3 is 2. The van der Waals surface area contributed by atoms with Gasteiger partial charge in [-0.05, 0) is 39.0 Å². The van der Waals surface area contributed by atoms with Gasteiger partial charge in [-0.3, -0.25) is 9.78 Å². The standard InChI is InChI=1S/C28H37N4O5S/c1-28(2,3)38(6)37-14-11-32(21-15-22(34-4)18-23(16-21)35-5)20-7-8-24-25(17-20)30-26(19-29-24)27(33)31-9-12-36-13-10-31/h7-8,15-19H,9-14H2,1-6H3/q+1. The molecule has 9 nitrogen and oxygen atoms in total. The van der Waals surface area contributed by atoms with Crippen LogP contribution < -0.4 is 14.4 Å². The first-order valence-corrected chi connectivity index (χ1v) is 14.2. The summed E-state index contributed by atoms with van der Waals surface area (Å²) in [6.45, 7) is 9.83. The van der Waals surface area contributed by atoms with Crippen molar-refractivity contribution in [1.29, 1.82) is 0 Å². The van der Waals surface area contributed by atoms with Gasteiger partial charge in [-0.2, -0.15) is 4.18 Å². The predicted molar refractivity (Wildman–Crippen MR) is 152 cm³/mol. The number of rotatable bonds is 9. The van der Waals surface area contributed by atoms with Gasteiger partial charge in [0.15, 0.2) is 4.75 Å². The molecule has 3 aromatic rings. The van der Waals surface area contributed by atoms with E-state index in [9.17, 15) is 4.79 Å². The lowest BCUT2D eigenvalue weighted by molar-refractivity contribution is 0.0299. The van der Waals surface area contributed by atoms with Crippen LogP contribution >= 0.6 is 0 Å². The van der Waals surface area contributed by atoms with Crippen LogP contribution in [-0.4, -0.2) is 85.5 Å². The molecule has 38 heavy (non-hydrogen) atoms. The lowest BCUT2D eigenvalue weighted by Gasteiger charge is -2.27. The Labute approximate surface area is 227 Å². The lowest BCUT2D eigenvalue weighted by Crippen LogP contribution is -2.41. The number of benzene rings is 2. The van der Waals surface area contributed by atoms with Gasteiger partial charge in [0.2, 0.25) is 0 Å². The topological polar surface area (TPSA) is 86.3 Å². The van der Waals surface area contributed by atoms with E-state index in [0.717, 1.165) is 16.9 Å². The third kappa shape index (κ3) is 6.67. The largest absolute Gasteiger partial charge is 0.497 e. The second-order valence-electron chi connectivity index (χ2n) is 9.94. The molecule has 0 radical (unpaired) electrons. The van der Waals surface area contributed by atoms with Gasteiger partial charge < -0.3 is 24.0 Å². The molecule has 1 unspecified atom stereocenters. The van der Waals surface area contributed by atoms with Crippen molar-refractivity contribution in [3.63, 3.8) is 0 Å². The maximum absolute atomic E-state index is 13.0. The molecule has 4 rings (SSSR count). The lowest BCUT2D eigenvalue weighted by atomic mass is 10.2. The van der Waals surface area contributed by atoms with Crippen molar-refractivity contribution >= 4 is 39.5 Å². The monoisotopic (exact) mass is 541 g/mol. The van der Waals surface area contributed by atoms with Crippen LogP contribution in [0.1, 0.15) is 31.3 Å². The summed E-state index contributed by atoms with van der Waals surface area (Å²) < 4.78 is 22.7. The maximum atomic E-state index is 13.0. The molecule has 0 spiro atoms. The molecule has 1 aromatic heterocycles. The van der Waals surface area contributed by atoms with Gasteiger partial charge in [-0.25, -0.2) is 4.98 Å². The molecule has 1 aliphatic rings. The SMILES string of the molecule is COc1cc(OC)cc(N(CCO[S+](C)C(C)(C)C)c2ccc3ncc(C(=O)N4CCOCC4)nc3c2)c1. The van der Waals surface area contributed by atoms with Crippen molar-refractivity contribution in [3.05, 3.63) is 48.3 Å². The number of fused-ring (bicyclic) bond motifs is 1. The van der Waals surface area contributed by atoms with Crippen molar-refractivity contribution < 1.29 is 23.2 Å². The fraction of sp³-hybridized carbons (Fsp3) is 0.464. The predicted octanol–water partition coefficient (Wildman–Crippen LogP) is 4.24. The van der Waals surface area contributed by atoms with Crippen LogP contribution in [-0.2, 0) is 20.1 Å². The van der Waals surface area contributed by atoms with Crippen molar-refractivity contribution in [1.82, 2.24) is 14.9 Å². The number of carbonyl (C=O) groups is 1. The highest BCUT2D eigenvalue weighted by Gasteiger charge is 2.32. The summed E-state index contributed by atoms with van der Waals surface area (Å²) in [5.41, 5.74) is 3.48. The van der Waals surface area contributed by atoms with Crippen LogP contribution in [0.15, 0.2) is 42.6 Å². The van der Waals surface area contributed by atoms with Gasteiger partial charge in [0, 0.05) is 42.7 Å². The molecule has 0 N–H and O–H groups in total. The molecule has 1 fully saturated rings. The minimum absolute atomic E-state index is 0.0615. The van der Waals surface area contributed by atoms with Crippen LogP contribution in [0.5, 0.6) is 11.5 Å². The van der Waals surface area contributed by atoms with E-state index in [0.29, 0.717) is 62.2 Å². The van der Waals surface area contributed by atoms with E-state index in [1.165, 1.54) is 0 Å². The molecular formula is C28H37N4O5S+. The Morgan fingerprint density at radius 1 is 1.03 bits per heavy atom. The molecule has 1 atom stereocenters. The molecule has 0 saturated carbocycles. The molecule has 2 aromatic carbocycles. The summed E-state index contributed by atoms with van der Waals surface area (Å²) in [7, 11) is 3.27. The van der Waals surface area contributed by atoms with Gasteiger partial charge in [-0.15, -0.1) is 0 Å². The second-order valence-corrected chi connectivity index (χ2v) is 12.3. The van der Waals surface area contributed by atoms with Gasteiger partial charge in [0.05, 0.1) is 51.2 Å². The maximum Gasteiger partial charge on any atom is 0.274 e. The highest BCUT2D eigenvalue weighted by atomic mass is 32.2. The first-order valence-electron chi connectivity index (χ1n) is 12.6. The van der Waals surface area contributed by atoms with E-state index in [-0.39, 0.29) is 21.8 Å². The summed E-state index contributed by atoms with van der Waals surface area (Å²) in [5, 5.41) is 0. The fourth-order valence-electron chi connectivity index (χ4n) is 3.99. The number of ether oxygens (including phenoxy) is 3. The summed E-state index contributed by atoms with van der Waals surface area (Å²) in [6.07, 6.45) is 3.67. The summed E-state index contributed by atoms with van der Waals surface area (Å²) in [4.78, 5) is 26.1. The van der Waals surface area contributed by atoms with Crippen LogP contribution in [0.3, 0.4) is 0 Å². The Morgan fingerprint density at radius 3 is 2.34 bits per heavy atom. The molecule has 0 aliphatic carbocycles. The van der Waals surface area contributed by atoms with Crippen LogP contribution in [0.4, 0.5) is 11.4 Å². The third-order valence-electron chi connectivity index (χ3n) is 6.44. The van der Waals surface area contributed by atoms with E-state index in [1.54, 1.807) is 25.3 Å². The van der Waals surface area contributed by atoms with Gasteiger partial charge >= 0.3 is 0 Å². The first-order chi connectivity index (χ1) is 18.2. The first kappa shape index (κ1) is 27.9. The van der Waals surface area contributed by atoms with Crippen LogP contribution in [0.25, 0.3) is 11.0 Å². The number of anilines is 2. The van der Waals surface area contributed by atoms with Gasteiger partial charge in [-0.1, -0.05) is 0 Å². The molecule has 1 amide bonds. The van der Waals surface area contributed by atoms with E-state index in [2.05, 4.69) is 36.9 Å². The number of hydrogen-bond acceptors (Lipinski definition) is 8. The summed E-state index contributed by atoms with van der Waals surface area (Å²) in [6, 6.07) is 11.7. The fourth-order valence-corrected chi connectivity index (χ4v) is 4.66. The molecule has 10 heteroatoms. The zero-order valence-corrected chi connectivity index (χ0v) is 23.8. The average Bonchev–Trinajstić information content (AvgIpc) is 2.93. The molecule has 0 bridgehead atoms. The number of amides is 1.